The van der Waals surface area contributed by atoms with Gasteiger partial charge in [-0.05, 0) is 38.5 Å². The van der Waals surface area contributed by atoms with Crippen molar-refractivity contribution in [1.29, 1.82) is 0 Å². The number of benzene rings is 1. The number of ketones is 3. The molecule has 24 heavy (non-hydrogen) atoms. The van der Waals surface area contributed by atoms with Crippen molar-refractivity contribution in [3.05, 3.63) is 46.7 Å². The lowest BCUT2D eigenvalue weighted by atomic mass is 10.0. The molecule has 0 fully saturated rings. The average molecular weight is 348 g/mol. The number of carbonyl (C=O) groups is 3. The standard InChI is InChI=1S/C13H12ClNO.C6H10O2/c1-8-13(9(2)16)12(7-15-8)10-3-5-11(14)6-4-10;1-3-6(8)4-5(2)7/h3-7,15H,1-2H3;3-4H2,1-2H3. The molecule has 1 N–H and O–H groups in total. The third-order valence-corrected chi connectivity index (χ3v) is 3.68. The molecule has 0 aliphatic carbocycles. The molecular formula is C19H22ClNO3. The predicted molar refractivity (Wildman–Crippen MR) is 96.6 cm³/mol. The van der Waals surface area contributed by atoms with E-state index in [9.17, 15) is 14.4 Å². The number of aryl methyl sites for hydroxylation is 1. The summed E-state index contributed by atoms with van der Waals surface area (Å²) in [6, 6.07) is 7.47. The number of halogens is 1. The Morgan fingerprint density at radius 2 is 1.67 bits per heavy atom. The van der Waals surface area contributed by atoms with Gasteiger partial charge in [-0.3, -0.25) is 14.4 Å². The van der Waals surface area contributed by atoms with Crippen molar-refractivity contribution in [1.82, 2.24) is 4.98 Å². The smallest absolute Gasteiger partial charge is 0.162 e. The number of aromatic amines is 1. The lowest BCUT2D eigenvalue weighted by molar-refractivity contribution is -0.125. The van der Waals surface area contributed by atoms with E-state index in [0.717, 1.165) is 22.4 Å². The number of carbonyl (C=O) groups excluding carboxylic acids is 3. The van der Waals surface area contributed by atoms with Crippen molar-refractivity contribution in [3.63, 3.8) is 0 Å². The van der Waals surface area contributed by atoms with Crippen LogP contribution in [0.3, 0.4) is 0 Å². The van der Waals surface area contributed by atoms with Crippen molar-refractivity contribution in [2.45, 2.75) is 40.5 Å². The van der Waals surface area contributed by atoms with Crippen LogP contribution >= 0.6 is 11.6 Å². The van der Waals surface area contributed by atoms with Gasteiger partial charge in [-0.1, -0.05) is 30.7 Å². The van der Waals surface area contributed by atoms with Crippen LogP contribution < -0.4 is 0 Å². The largest absolute Gasteiger partial charge is 0.364 e. The highest BCUT2D eigenvalue weighted by Gasteiger charge is 2.13. The average Bonchev–Trinajstić information content (AvgIpc) is 2.90. The minimum Gasteiger partial charge on any atom is -0.364 e. The molecule has 0 radical (unpaired) electrons. The lowest BCUT2D eigenvalue weighted by Gasteiger charge is -2.02. The number of H-pyrrole nitrogens is 1. The summed E-state index contributed by atoms with van der Waals surface area (Å²) in [7, 11) is 0. The molecule has 4 nitrogen and oxygen atoms in total. The molecule has 2 rings (SSSR count). The van der Waals surface area contributed by atoms with Gasteiger partial charge in [0, 0.05) is 34.5 Å². The van der Waals surface area contributed by atoms with Crippen LogP contribution in [0.15, 0.2) is 30.5 Å². The van der Waals surface area contributed by atoms with Crippen LogP contribution in [0.25, 0.3) is 11.1 Å². The summed E-state index contributed by atoms with van der Waals surface area (Å²) >= 11 is 5.83. The molecule has 0 amide bonds. The fraction of sp³-hybridized carbons (Fsp3) is 0.316. The summed E-state index contributed by atoms with van der Waals surface area (Å²) in [6.07, 6.45) is 2.44. The highest BCUT2D eigenvalue weighted by Crippen LogP contribution is 2.27. The Balaban J connectivity index is 0.000000307. The Kier molecular flexibility index (Phi) is 7.59. The van der Waals surface area contributed by atoms with Gasteiger partial charge >= 0.3 is 0 Å². The first kappa shape index (κ1) is 19.8. The number of aromatic nitrogens is 1. The lowest BCUT2D eigenvalue weighted by Crippen LogP contribution is -2.01. The van der Waals surface area contributed by atoms with Crippen molar-refractivity contribution < 1.29 is 14.4 Å². The molecule has 1 aromatic heterocycles. The molecule has 0 aliphatic rings. The molecule has 1 heterocycles. The Labute approximate surface area is 147 Å². The van der Waals surface area contributed by atoms with E-state index < -0.39 is 0 Å². The zero-order valence-corrected chi connectivity index (χ0v) is 15.2. The number of hydrogen-bond acceptors (Lipinski definition) is 3. The molecule has 5 heteroatoms. The first-order valence-corrected chi connectivity index (χ1v) is 8.10. The van der Waals surface area contributed by atoms with Crippen LogP contribution in [0.5, 0.6) is 0 Å². The molecule has 0 unspecified atom stereocenters. The monoisotopic (exact) mass is 347 g/mol. The van der Waals surface area contributed by atoms with Crippen molar-refractivity contribution in [2.24, 2.45) is 0 Å². The van der Waals surface area contributed by atoms with Crippen LogP contribution in [0, 0.1) is 6.92 Å². The number of nitrogens with one attached hydrogen (secondary N) is 1. The van der Waals surface area contributed by atoms with Gasteiger partial charge in [0.2, 0.25) is 0 Å². The Hall–Kier alpha value is -2.20. The van der Waals surface area contributed by atoms with E-state index in [-0.39, 0.29) is 23.8 Å². The van der Waals surface area contributed by atoms with E-state index in [2.05, 4.69) is 4.98 Å². The van der Waals surface area contributed by atoms with Gasteiger partial charge in [-0.25, -0.2) is 0 Å². The second-order valence-electron chi connectivity index (χ2n) is 5.54. The quantitative estimate of drug-likeness (QED) is 0.624. The summed E-state index contributed by atoms with van der Waals surface area (Å²) in [5.74, 6) is 0.0538. The van der Waals surface area contributed by atoms with E-state index in [1.165, 1.54) is 6.92 Å². The summed E-state index contributed by atoms with van der Waals surface area (Å²) < 4.78 is 0. The zero-order valence-electron chi connectivity index (χ0n) is 14.4. The fourth-order valence-electron chi connectivity index (χ4n) is 2.24. The van der Waals surface area contributed by atoms with E-state index in [1.54, 1.807) is 13.8 Å². The highest BCUT2D eigenvalue weighted by molar-refractivity contribution is 6.30. The summed E-state index contributed by atoms with van der Waals surface area (Å²) in [5.41, 5.74) is 3.58. The molecule has 0 aliphatic heterocycles. The van der Waals surface area contributed by atoms with Crippen LogP contribution in [-0.2, 0) is 9.59 Å². The zero-order chi connectivity index (χ0) is 18.3. The highest BCUT2D eigenvalue weighted by atomic mass is 35.5. The van der Waals surface area contributed by atoms with Crippen LogP contribution in [0.1, 0.15) is 49.7 Å². The number of hydrogen-bond donors (Lipinski definition) is 1. The molecule has 0 spiro atoms. The van der Waals surface area contributed by atoms with Crippen molar-refractivity contribution in [3.8, 4) is 11.1 Å². The van der Waals surface area contributed by atoms with E-state index in [0.29, 0.717) is 11.4 Å². The van der Waals surface area contributed by atoms with Crippen LogP contribution in [0.4, 0.5) is 0 Å². The van der Waals surface area contributed by atoms with E-state index in [4.69, 9.17) is 11.6 Å². The van der Waals surface area contributed by atoms with E-state index >= 15 is 0 Å². The third kappa shape index (κ3) is 5.78. The second kappa shape index (κ2) is 9.18. The molecule has 0 bridgehead atoms. The Morgan fingerprint density at radius 3 is 2.08 bits per heavy atom. The molecule has 2 aromatic rings. The maximum atomic E-state index is 11.5. The number of rotatable bonds is 5. The van der Waals surface area contributed by atoms with Gasteiger partial charge < -0.3 is 4.98 Å². The van der Waals surface area contributed by atoms with Gasteiger partial charge in [0.25, 0.3) is 0 Å². The molecular weight excluding hydrogens is 326 g/mol. The van der Waals surface area contributed by atoms with E-state index in [1.807, 2.05) is 37.4 Å². The fourth-order valence-corrected chi connectivity index (χ4v) is 2.37. The normalized spacial score (nSPS) is 9.88. The molecule has 0 saturated heterocycles. The van der Waals surface area contributed by atoms with Gasteiger partial charge in [-0.15, -0.1) is 0 Å². The van der Waals surface area contributed by atoms with Gasteiger partial charge in [-0.2, -0.15) is 0 Å². The van der Waals surface area contributed by atoms with Crippen molar-refractivity contribution in [2.75, 3.05) is 0 Å². The SMILES string of the molecule is CC(=O)c1c(-c2ccc(Cl)cc2)c[nH]c1C.CCC(=O)CC(C)=O. The molecule has 1 aromatic carbocycles. The van der Waals surface area contributed by atoms with Crippen molar-refractivity contribution >= 4 is 29.0 Å². The topological polar surface area (TPSA) is 67.0 Å². The minimum atomic E-state index is -0.0446. The summed E-state index contributed by atoms with van der Waals surface area (Å²) in [6.45, 7) is 6.66. The molecule has 0 atom stereocenters. The van der Waals surface area contributed by atoms with Gasteiger partial charge in [0.15, 0.2) is 5.78 Å². The Bertz CT molecular complexity index is 730. The summed E-state index contributed by atoms with van der Waals surface area (Å²) in [4.78, 5) is 35.2. The van der Waals surface area contributed by atoms with Gasteiger partial charge in [0.05, 0.1) is 6.42 Å². The third-order valence-electron chi connectivity index (χ3n) is 3.43. The predicted octanol–water partition coefficient (Wildman–Crippen LogP) is 4.79. The Morgan fingerprint density at radius 1 is 1.08 bits per heavy atom. The summed E-state index contributed by atoms with van der Waals surface area (Å²) in [5, 5.41) is 0.695. The minimum absolute atomic E-state index is 0.0255. The molecule has 0 saturated carbocycles. The number of Topliss-reactive ketones (excluding diaryl/α,β-unsaturated/α-hetero) is 3. The molecule has 128 valence electrons. The van der Waals surface area contributed by atoms with Gasteiger partial charge in [0.1, 0.15) is 11.6 Å². The maximum absolute atomic E-state index is 11.5. The second-order valence-corrected chi connectivity index (χ2v) is 5.97. The maximum Gasteiger partial charge on any atom is 0.162 e. The first-order chi connectivity index (χ1) is 11.3. The van der Waals surface area contributed by atoms with Crippen LogP contribution in [0.2, 0.25) is 5.02 Å². The van der Waals surface area contributed by atoms with Crippen LogP contribution in [-0.4, -0.2) is 22.3 Å². The first-order valence-electron chi connectivity index (χ1n) is 7.72.